The van der Waals surface area contributed by atoms with Gasteiger partial charge in [-0.2, -0.15) is 0 Å². The zero-order valence-electron chi connectivity index (χ0n) is 9.06. The van der Waals surface area contributed by atoms with Gasteiger partial charge in [-0.3, -0.25) is 9.59 Å². The van der Waals surface area contributed by atoms with Crippen LogP contribution in [0.3, 0.4) is 0 Å². The highest BCUT2D eigenvalue weighted by molar-refractivity contribution is 5.89. The Balaban J connectivity index is 3.84. The van der Waals surface area contributed by atoms with E-state index in [1.807, 2.05) is 0 Å². The first-order valence-corrected chi connectivity index (χ1v) is 4.93. The van der Waals surface area contributed by atoms with Gasteiger partial charge >= 0.3 is 0 Å². The first kappa shape index (κ1) is 14.5. The van der Waals surface area contributed by atoms with E-state index in [9.17, 15) is 19.8 Å². The van der Waals surface area contributed by atoms with Crippen LogP contribution in [0.1, 0.15) is 12.8 Å². The molecule has 2 atom stereocenters. The second-order valence-electron chi connectivity index (χ2n) is 3.29. The lowest BCUT2D eigenvalue weighted by molar-refractivity contribution is -0.118. The third-order valence-corrected chi connectivity index (χ3v) is 2.03. The minimum Gasteiger partial charge on any atom is -0.390 e. The van der Waals surface area contributed by atoms with Crippen LogP contribution in [0.5, 0.6) is 0 Å². The fourth-order valence-corrected chi connectivity index (χ4v) is 0.998. The number of hydrogen-bond donors (Lipinski definition) is 3. The number of rotatable bonds is 8. The Labute approximate surface area is 94.5 Å². The molecule has 0 aromatic carbocycles. The number of amides is 1. The van der Waals surface area contributed by atoms with Gasteiger partial charge in [0.2, 0.25) is 5.91 Å². The Morgan fingerprint density at radius 3 is 2.31 bits per heavy atom. The van der Waals surface area contributed by atoms with E-state index in [0.29, 0.717) is 0 Å². The lowest BCUT2D eigenvalue weighted by atomic mass is 10.1. The number of ketones is 1. The van der Waals surface area contributed by atoms with Gasteiger partial charge in [-0.05, 0) is 18.6 Å². The Bertz CT molecular complexity index is 247. The zero-order valence-corrected chi connectivity index (χ0v) is 9.06. The number of aliphatic hydroxyl groups is 2. The van der Waals surface area contributed by atoms with Gasteiger partial charge in [-0.15, -0.1) is 0 Å². The first-order valence-electron chi connectivity index (χ1n) is 4.93. The predicted octanol–water partition coefficient (Wildman–Crippen LogP) is -0.454. The Hall–Kier alpha value is -1.46. The van der Waals surface area contributed by atoms with Crippen molar-refractivity contribution >= 4 is 11.7 Å². The van der Waals surface area contributed by atoms with Crippen LogP contribution in [-0.2, 0) is 9.59 Å². The minimum atomic E-state index is -1.10. The molecule has 0 fully saturated rings. The highest BCUT2D eigenvalue weighted by Gasteiger charge is 2.17. The maximum Gasteiger partial charge on any atom is 0.243 e. The Morgan fingerprint density at radius 2 is 1.81 bits per heavy atom. The van der Waals surface area contributed by atoms with Crippen molar-refractivity contribution in [1.29, 1.82) is 0 Å². The lowest BCUT2D eigenvalue weighted by Gasteiger charge is -2.17. The molecule has 0 radical (unpaired) electrons. The van der Waals surface area contributed by atoms with Crippen molar-refractivity contribution in [1.82, 2.24) is 5.32 Å². The number of carbonyl (C=O) groups is 2. The second-order valence-corrected chi connectivity index (χ2v) is 3.29. The van der Waals surface area contributed by atoms with Gasteiger partial charge in [0.15, 0.2) is 5.78 Å². The standard InChI is InChI=1S/C11H17NO4/c1-3-8(13)5-6-9(14)10(15)7-12-11(16)4-2/h3-4,9-10,14-15H,1-2,5-7H2,(H,12,16). The quantitative estimate of drug-likeness (QED) is 0.490. The van der Waals surface area contributed by atoms with Gasteiger partial charge < -0.3 is 15.5 Å². The Morgan fingerprint density at radius 1 is 1.19 bits per heavy atom. The largest absolute Gasteiger partial charge is 0.390 e. The van der Waals surface area contributed by atoms with Gasteiger partial charge in [0.05, 0.1) is 12.2 Å². The van der Waals surface area contributed by atoms with Gasteiger partial charge in [0.25, 0.3) is 0 Å². The number of allylic oxidation sites excluding steroid dienone is 1. The molecule has 0 bridgehead atoms. The average Bonchev–Trinajstić information content (AvgIpc) is 2.31. The number of nitrogens with one attached hydrogen (secondary N) is 1. The van der Waals surface area contributed by atoms with Crippen LogP contribution in [0.4, 0.5) is 0 Å². The molecule has 0 aliphatic heterocycles. The summed E-state index contributed by atoms with van der Waals surface area (Å²) in [6, 6.07) is 0. The summed E-state index contributed by atoms with van der Waals surface area (Å²) in [4.78, 5) is 21.6. The average molecular weight is 227 g/mol. The lowest BCUT2D eigenvalue weighted by Crippen LogP contribution is -2.38. The molecule has 0 aliphatic rings. The molecule has 0 saturated carbocycles. The summed E-state index contributed by atoms with van der Waals surface area (Å²) >= 11 is 0. The zero-order chi connectivity index (χ0) is 12.6. The summed E-state index contributed by atoms with van der Waals surface area (Å²) in [6.45, 7) is 6.46. The third kappa shape index (κ3) is 6.10. The fraction of sp³-hybridized carbons (Fsp3) is 0.455. The van der Waals surface area contributed by atoms with E-state index in [2.05, 4.69) is 18.5 Å². The highest BCUT2D eigenvalue weighted by Crippen LogP contribution is 2.03. The van der Waals surface area contributed by atoms with Crippen molar-refractivity contribution in [2.24, 2.45) is 0 Å². The maximum atomic E-state index is 10.9. The molecule has 0 aromatic heterocycles. The molecular weight excluding hydrogens is 210 g/mol. The Kier molecular flexibility index (Phi) is 7.07. The molecule has 0 heterocycles. The smallest absolute Gasteiger partial charge is 0.243 e. The topological polar surface area (TPSA) is 86.6 Å². The van der Waals surface area contributed by atoms with Crippen LogP contribution >= 0.6 is 0 Å². The van der Waals surface area contributed by atoms with Crippen LogP contribution < -0.4 is 5.32 Å². The molecule has 0 saturated heterocycles. The van der Waals surface area contributed by atoms with Crippen molar-refractivity contribution in [3.63, 3.8) is 0 Å². The second kappa shape index (κ2) is 7.78. The van der Waals surface area contributed by atoms with Crippen LogP contribution in [0, 0.1) is 0 Å². The summed E-state index contributed by atoms with van der Waals surface area (Å²) in [6.07, 6.45) is 0.349. The summed E-state index contributed by atoms with van der Waals surface area (Å²) in [5.74, 6) is -0.616. The van der Waals surface area contributed by atoms with Gasteiger partial charge in [-0.1, -0.05) is 13.2 Å². The molecule has 0 aromatic rings. The van der Waals surface area contributed by atoms with E-state index in [1.54, 1.807) is 0 Å². The molecule has 0 aliphatic carbocycles. The van der Waals surface area contributed by atoms with E-state index in [-0.39, 0.29) is 25.2 Å². The maximum absolute atomic E-state index is 10.9. The third-order valence-electron chi connectivity index (χ3n) is 2.03. The summed E-state index contributed by atoms with van der Waals surface area (Å²) in [5, 5.41) is 21.2. The van der Waals surface area contributed by atoms with Crippen molar-refractivity contribution in [2.45, 2.75) is 25.0 Å². The molecular formula is C11H17NO4. The van der Waals surface area contributed by atoms with Crippen molar-refractivity contribution in [3.8, 4) is 0 Å². The monoisotopic (exact) mass is 227 g/mol. The van der Waals surface area contributed by atoms with Crippen molar-refractivity contribution < 1.29 is 19.8 Å². The molecule has 2 unspecified atom stereocenters. The predicted molar refractivity (Wildman–Crippen MR) is 59.7 cm³/mol. The molecule has 5 heteroatoms. The molecule has 5 nitrogen and oxygen atoms in total. The van der Waals surface area contributed by atoms with Gasteiger partial charge in [-0.25, -0.2) is 0 Å². The molecule has 90 valence electrons. The normalized spacial score (nSPS) is 13.6. The van der Waals surface area contributed by atoms with E-state index >= 15 is 0 Å². The number of aliphatic hydroxyl groups excluding tert-OH is 2. The van der Waals surface area contributed by atoms with Gasteiger partial charge in [0.1, 0.15) is 0 Å². The van der Waals surface area contributed by atoms with Crippen molar-refractivity contribution in [2.75, 3.05) is 6.54 Å². The van der Waals surface area contributed by atoms with E-state index in [0.717, 1.165) is 6.08 Å². The van der Waals surface area contributed by atoms with Gasteiger partial charge in [0, 0.05) is 13.0 Å². The van der Waals surface area contributed by atoms with E-state index in [4.69, 9.17) is 0 Å². The van der Waals surface area contributed by atoms with Crippen LogP contribution in [0.15, 0.2) is 25.3 Å². The summed E-state index contributed by atoms with van der Waals surface area (Å²) < 4.78 is 0. The van der Waals surface area contributed by atoms with E-state index < -0.39 is 18.1 Å². The highest BCUT2D eigenvalue weighted by atomic mass is 16.3. The van der Waals surface area contributed by atoms with Crippen molar-refractivity contribution in [3.05, 3.63) is 25.3 Å². The first-order chi connectivity index (χ1) is 7.51. The fourth-order valence-electron chi connectivity index (χ4n) is 0.998. The molecule has 0 spiro atoms. The number of hydrogen-bond acceptors (Lipinski definition) is 4. The van der Waals surface area contributed by atoms with Crippen LogP contribution in [0.2, 0.25) is 0 Å². The summed E-state index contributed by atoms with van der Waals surface area (Å²) in [7, 11) is 0. The molecule has 0 rings (SSSR count). The van der Waals surface area contributed by atoms with E-state index in [1.165, 1.54) is 6.08 Å². The summed E-state index contributed by atoms with van der Waals surface area (Å²) in [5.41, 5.74) is 0. The molecule has 3 N–H and O–H groups in total. The SMILES string of the molecule is C=CC(=O)CCC(O)C(O)CNC(=O)C=C. The van der Waals surface area contributed by atoms with Crippen LogP contribution in [-0.4, -0.2) is 40.7 Å². The van der Waals surface area contributed by atoms with Crippen LogP contribution in [0.25, 0.3) is 0 Å². The minimum absolute atomic E-state index is 0.0751. The molecule has 1 amide bonds. The number of carbonyl (C=O) groups excluding carboxylic acids is 2. The molecule has 16 heavy (non-hydrogen) atoms.